The van der Waals surface area contributed by atoms with E-state index in [4.69, 9.17) is 0 Å². The van der Waals surface area contributed by atoms with Crippen molar-refractivity contribution in [2.45, 2.75) is 25.2 Å². The number of rotatable bonds is 3. The van der Waals surface area contributed by atoms with Crippen molar-refractivity contribution in [2.75, 3.05) is 20.2 Å². The standard InChI is InChI=1S/C14H22N2O4S/c1-10-5-11(2)8-16(7-10)21(18,19)12-6-13(14(17)20-4)15(3)9-12/h6,9-11H,5,7-8H2,1-4H3. The van der Waals surface area contributed by atoms with Crippen LogP contribution in [0, 0.1) is 11.8 Å². The molecule has 7 heteroatoms. The molecule has 0 radical (unpaired) electrons. The molecular weight excluding hydrogens is 292 g/mol. The third-order valence-electron chi connectivity index (χ3n) is 3.85. The number of hydrogen-bond acceptors (Lipinski definition) is 4. The van der Waals surface area contributed by atoms with E-state index in [9.17, 15) is 13.2 Å². The number of piperidine rings is 1. The van der Waals surface area contributed by atoms with Crippen molar-refractivity contribution < 1.29 is 17.9 Å². The third kappa shape index (κ3) is 3.13. The molecule has 2 heterocycles. The summed E-state index contributed by atoms with van der Waals surface area (Å²) in [7, 11) is -0.660. The van der Waals surface area contributed by atoms with Crippen LogP contribution in [0.25, 0.3) is 0 Å². The number of aromatic nitrogens is 1. The maximum atomic E-state index is 12.7. The molecule has 1 aromatic rings. The highest BCUT2D eigenvalue weighted by Crippen LogP contribution is 2.27. The summed E-state index contributed by atoms with van der Waals surface area (Å²) in [5.41, 5.74) is 0.231. The monoisotopic (exact) mass is 314 g/mol. The van der Waals surface area contributed by atoms with Crippen molar-refractivity contribution in [2.24, 2.45) is 18.9 Å². The van der Waals surface area contributed by atoms with E-state index in [0.29, 0.717) is 24.9 Å². The van der Waals surface area contributed by atoms with Crippen LogP contribution >= 0.6 is 0 Å². The first-order valence-electron chi connectivity index (χ1n) is 7.00. The summed E-state index contributed by atoms with van der Waals surface area (Å²) in [5, 5.41) is 0. The van der Waals surface area contributed by atoms with Crippen LogP contribution < -0.4 is 0 Å². The van der Waals surface area contributed by atoms with Gasteiger partial charge in [0.15, 0.2) is 0 Å². The van der Waals surface area contributed by atoms with Crippen molar-refractivity contribution in [3.8, 4) is 0 Å². The highest BCUT2D eigenvalue weighted by molar-refractivity contribution is 7.89. The molecule has 0 bridgehead atoms. The van der Waals surface area contributed by atoms with Crippen LogP contribution in [0.2, 0.25) is 0 Å². The van der Waals surface area contributed by atoms with Gasteiger partial charge in [-0.2, -0.15) is 4.31 Å². The normalized spacial score (nSPS) is 24.0. The van der Waals surface area contributed by atoms with Crippen LogP contribution in [-0.4, -0.2) is 43.5 Å². The van der Waals surface area contributed by atoms with Crippen LogP contribution in [0.4, 0.5) is 0 Å². The quantitative estimate of drug-likeness (QED) is 0.793. The highest BCUT2D eigenvalue weighted by atomic mass is 32.2. The molecule has 0 aromatic carbocycles. The maximum Gasteiger partial charge on any atom is 0.354 e. The van der Waals surface area contributed by atoms with Gasteiger partial charge < -0.3 is 9.30 Å². The molecule has 0 saturated carbocycles. The lowest BCUT2D eigenvalue weighted by atomic mass is 9.94. The minimum atomic E-state index is -3.57. The van der Waals surface area contributed by atoms with Crippen molar-refractivity contribution in [1.82, 2.24) is 8.87 Å². The molecule has 21 heavy (non-hydrogen) atoms. The molecule has 1 saturated heterocycles. The molecule has 1 aromatic heterocycles. The van der Waals surface area contributed by atoms with Gasteiger partial charge in [0.2, 0.25) is 10.0 Å². The lowest BCUT2D eigenvalue weighted by molar-refractivity contribution is 0.0590. The highest BCUT2D eigenvalue weighted by Gasteiger charge is 2.33. The van der Waals surface area contributed by atoms with Crippen LogP contribution in [0.15, 0.2) is 17.2 Å². The Hall–Kier alpha value is -1.34. The van der Waals surface area contributed by atoms with Crippen molar-refractivity contribution >= 4 is 16.0 Å². The van der Waals surface area contributed by atoms with E-state index < -0.39 is 16.0 Å². The molecular formula is C14H22N2O4S. The second-order valence-electron chi connectivity index (χ2n) is 5.93. The van der Waals surface area contributed by atoms with E-state index in [1.54, 1.807) is 7.05 Å². The molecule has 1 aliphatic heterocycles. The predicted molar refractivity (Wildman–Crippen MR) is 78.5 cm³/mol. The number of carbonyl (C=O) groups excluding carboxylic acids is 1. The Morgan fingerprint density at radius 1 is 1.29 bits per heavy atom. The second-order valence-corrected chi connectivity index (χ2v) is 7.87. The number of aryl methyl sites for hydroxylation is 1. The lowest BCUT2D eigenvalue weighted by Crippen LogP contribution is -2.42. The fraction of sp³-hybridized carbons (Fsp3) is 0.643. The molecule has 0 aliphatic carbocycles. The van der Waals surface area contributed by atoms with Gasteiger partial charge in [-0.3, -0.25) is 0 Å². The SMILES string of the molecule is COC(=O)c1cc(S(=O)(=O)N2CC(C)CC(C)C2)cn1C. The fourth-order valence-electron chi connectivity index (χ4n) is 2.93. The number of ether oxygens (including phenoxy) is 1. The zero-order valence-electron chi connectivity index (χ0n) is 12.9. The first kappa shape index (κ1) is 16.0. The van der Waals surface area contributed by atoms with Gasteiger partial charge in [-0.15, -0.1) is 0 Å². The third-order valence-corrected chi connectivity index (χ3v) is 5.64. The zero-order valence-corrected chi connectivity index (χ0v) is 13.7. The maximum absolute atomic E-state index is 12.7. The van der Waals surface area contributed by atoms with Gasteiger partial charge in [0.05, 0.1) is 7.11 Å². The summed E-state index contributed by atoms with van der Waals surface area (Å²) >= 11 is 0. The Kier molecular flexibility index (Phi) is 4.43. The van der Waals surface area contributed by atoms with Gasteiger partial charge in [0.25, 0.3) is 0 Å². The van der Waals surface area contributed by atoms with E-state index in [2.05, 4.69) is 18.6 Å². The first-order valence-corrected chi connectivity index (χ1v) is 8.44. The minimum absolute atomic E-state index is 0.145. The Balaban J connectivity index is 2.34. The van der Waals surface area contributed by atoms with Gasteiger partial charge >= 0.3 is 5.97 Å². The molecule has 2 rings (SSSR count). The van der Waals surface area contributed by atoms with Crippen LogP contribution in [0.1, 0.15) is 30.8 Å². The number of nitrogens with zero attached hydrogens (tertiary/aromatic N) is 2. The van der Waals surface area contributed by atoms with E-state index >= 15 is 0 Å². The smallest absolute Gasteiger partial charge is 0.354 e. The summed E-state index contributed by atoms with van der Waals surface area (Å²) in [4.78, 5) is 11.7. The van der Waals surface area contributed by atoms with Crippen molar-refractivity contribution in [3.05, 3.63) is 18.0 Å². The fourth-order valence-corrected chi connectivity index (χ4v) is 4.69. The Labute approximate surface area is 125 Å². The van der Waals surface area contributed by atoms with E-state index in [1.165, 1.54) is 28.2 Å². The van der Waals surface area contributed by atoms with E-state index in [-0.39, 0.29) is 10.6 Å². The summed E-state index contributed by atoms with van der Waals surface area (Å²) in [5.74, 6) is 0.138. The number of esters is 1. The minimum Gasteiger partial charge on any atom is -0.464 e. The molecule has 1 aliphatic rings. The number of carbonyl (C=O) groups is 1. The summed E-state index contributed by atoms with van der Waals surface area (Å²) < 4.78 is 33.1. The Morgan fingerprint density at radius 3 is 2.38 bits per heavy atom. The number of hydrogen-bond donors (Lipinski definition) is 0. The van der Waals surface area contributed by atoms with Gasteiger partial charge in [0.1, 0.15) is 10.6 Å². The molecule has 6 nitrogen and oxygen atoms in total. The molecule has 118 valence electrons. The van der Waals surface area contributed by atoms with Gasteiger partial charge in [-0.05, 0) is 24.3 Å². The summed E-state index contributed by atoms with van der Waals surface area (Å²) in [6.45, 7) is 5.16. The van der Waals surface area contributed by atoms with E-state index in [0.717, 1.165) is 6.42 Å². The van der Waals surface area contributed by atoms with Gasteiger partial charge in [-0.25, -0.2) is 13.2 Å². The van der Waals surface area contributed by atoms with Crippen LogP contribution in [-0.2, 0) is 21.8 Å². The summed E-state index contributed by atoms with van der Waals surface area (Å²) in [6, 6.07) is 1.38. The average Bonchev–Trinajstić information content (AvgIpc) is 2.79. The Morgan fingerprint density at radius 2 is 1.86 bits per heavy atom. The molecule has 0 amide bonds. The number of methoxy groups -OCH3 is 1. The summed E-state index contributed by atoms with van der Waals surface area (Å²) in [6.07, 6.45) is 2.50. The average molecular weight is 314 g/mol. The van der Waals surface area contributed by atoms with Crippen LogP contribution in [0.3, 0.4) is 0 Å². The largest absolute Gasteiger partial charge is 0.464 e. The van der Waals surface area contributed by atoms with Gasteiger partial charge in [-0.1, -0.05) is 13.8 Å². The van der Waals surface area contributed by atoms with E-state index in [1.807, 2.05) is 0 Å². The molecule has 2 atom stereocenters. The lowest BCUT2D eigenvalue weighted by Gasteiger charge is -2.33. The molecule has 2 unspecified atom stereocenters. The van der Waals surface area contributed by atoms with Crippen molar-refractivity contribution in [1.29, 1.82) is 0 Å². The zero-order chi connectivity index (χ0) is 15.8. The first-order chi connectivity index (χ1) is 9.75. The van der Waals surface area contributed by atoms with Gasteiger partial charge in [0, 0.05) is 26.3 Å². The molecule has 0 spiro atoms. The number of sulfonamides is 1. The van der Waals surface area contributed by atoms with Crippen LogP contribution in [0.5, 0.6) is 0 Å². The Bertz CT molecular complexity index is 625. The molecule has 0 N–H and O–H groups in total. The predicted octanol–water partition coefficient (Wildman–Crippen LogP) is 1.48. The topological polar surface area (TPSA) is 68.6 Å². The van der Waals surface area contributed by atoms with Crippen molar-refractivity contribution in [3.63, 3.8) is 0 Å². The second kappa shape index (κ2) is 5.81. The molecule has 1 fully saturated rings.